The Hall–Kier alpha value is -1.88. The first-order valence-electron chi connectivity index (χ1n) is 7.19. The molecule has 2 rings (SSSR count). The van der Waals surface area contributed by atoms with Gasteiger partial charge in [0.2, 0.25) is 5.91 Å². The minimum Gasteiger partial charge on any atom is -0.480 e. The van der Waals surface area contributed by atoms with Gasteiger partial charge >= 0.3 is 5.97 Å². The maximum absolute atomic E-state index is 12.2. The molecule has 2 N–H and O–H groups in total. The summed E-state index contributed by atoms with van der Waals surface area (Å²) >= 11 is 0. The molecule has 1 saturated heterocycles. The third kappa shape index (κ3) is 3.08. The second-order valence-corrected chi connectivity index (χ2v) is 5.92. The number of hydrogen-bond donors (Lipinski definition) is 2. The molecule has 0 aromatic heterocycles. The van der Waals surface area contributed by atoms with Gasteiger partial charge in [-0.15, -0.1) is 0 Å². The van der Waals surface area contributed by atoms with Crippen LogP contribution in [0.4, 0.5) is 5.69 Å². The topological polar surface area (TPSA) is 69.6 Å². The van der Waals surface area contributed by atoms with E-state index in [4.69, 9.17) is 0 Å². The summed E-state index contributed by atoms with van der Waals surface area (Å²) in [4.78, 5) is 25.4. The molecule has 5 heteroatoms. The first-order chi connectivity index (χ1) is 9.84. The van der Waals surface area contributed by atoms with Crippen molar-refractivity contribution in [3.8, 4) is 0 Å². The van der Waals surface area contributed by atoms with E-state index in [0.29, 0.717) is 13.0 Å². The number of carbonyl (C=O) groups is 2. The molecule has 21 heavy (non-hydrogen) atoms. The van der Waals surface area contributed by atoms with Crippen LogP contribution in [0.3, 0.4) is 0 Å². The number of benzene rings is 1. The third-order valence-corrected chi connectivity index (χ3v) is 4.33. The van der Waals surface area contributed by atoms with Gasteiger partial charge in [0.25, 0.3) is 0 Å². The van der Waals surface area contributed by atoms with Gasteiger partial charge in [-0.2, -0.15) is 0 Å². The summed E-state index contributed by atoms with van der Waals surface area (Å²) < 4.78 is 0. The number of carboxylic acid groups (broad SMARTS) is 1. The SMILES string of the molecule is Cc1cccc(C)c1NC(=O)CN1CCCC1(C)C(=O)O. The fourth-order valence-electron chi connectivity index (χ4n) is 2.88. The van der Waals surface area contributed by atoms with Gasteiger partial charge < -0.3 is 10.4 Å². The first-order valence-corrected chi connectivity index (χ1v) is 7.19. The Balaban J connectivity index is 2.07. The Labute approximate surface area is 125 Å². The van der Waals surface area contributed by atoms with E-state index in [0.717, 1.165) is 23.2 Å². The van der Waals surface area contributed by atoms with Crippen molar-refractivity contribution in [1.82, 2.24) is 4.90 Å². The van der Waals surface area contributed by atoms with Crippen molar-refractivity contribution in [3.63, 3.8) is 0 Å². The molecule has 0 bridgehead atoms. The zero-order valence-corrected chi connectivity index (χ0v) is 12.8. The van der Waals surface area contributed by atoms with Crippen molar-refractivity contribution in [2.24, 2.45) is 0 Å². The number of hydrogen-bond acceptors (Lipinski definition) is 3. The molecule has 1 aromatic carbocycles. The molecule has 1 atom stereocenters. The fourth-order valence-corrected chi connectivity index (χ4v) is 2.88. The van der Waals surface area contributed by atoms with Gasteiger partial charge in [0.05, 0.1) is 6.54 Å². The number of nitrogens with one attached hydrogen (secondary N) is 1. The van der Waals surface area contributed by atoms with Gasteiger partial charge in [-0.1, -0.05) is 18.2 Å². The summed E-state index contributed by atoms with van der Waals surface area (Å²) in [5.41, 5.74) is 1.90. The Kier molecular flexibility index (Phi) is 4.32. The predicted molar refractivity (Wildman–Crippen MR) is 81.4 cm³/mol. The van der Waals surface area contributed by atoms with E-state index in [1.807, 2.05) is 32.0 Å². The number of aliphatic carboxylic acids is 1. The van der Waals surface area contributed by atoms with Gasteiger partial charge in [-0.3, -0.25) is 14.5 Å². The second-order valence-electron chi connectivity index (χ2n) is 5.92. The lowest BCUT2D eigenvalue weighted by molar-refractivity contribution is -0.149. The van der Waals surface area contributed by atoms with Crippen molar-refractivity contribution in [2.75, 3.05) is 18.4 Å². The van der Waals surface area contributed by atoms with Crippen molar-refractivity contribution in [2.45, 2.75) is 39.2 Å². The summed E-state index contributed by atoms with van der Waals surface area (Å²) in [7, 11) is 0. The van der Waals surface area contributed by atoms with Gasteiger partial charge in [0.1, 0.15) is 5.54 Å². The van der Waals surface area contributed by atoms with Gasteiger partial charge in [-0.05, 0) is 51.3 Å². The highest BCUT2D eigenvalue weighted by Gasteiger charge is 2.43. The summed E-state index contributed by atoms with van der Waals surface area (Å²) in [6.45, 7) is 6.33. The van der Waals surface area contributed by atoms with E-state index >= 15 is 0 Å². The number of aryl methyl sites for hydroxylation is 2. The summed E-state index contributed by atoms with van der Waals surface area (Å²) in [5, 5.41) is 12.3. The second kappa shape index (κ2) is 5.85. The number of nitrogens with zero attached hydrogens (tertiary/aromatic N) is 1. The fraction of sp³-hybridized carbons (Fsp3) is 0.500. The quantitative estimate of drug-likeness (QED) is 0.891. The first kappa shape index (κ1) is 15.5. The Morgan fingerprint density at radius 1 is 1.33 bits per heavy atom. The molecule has 1 aromatic rings. The van der Waals surface area contributed by atoms with E-state index in [9.17, 15) is 14.7 Å². The minimum absolute atomic E-state index is 0.108. The van der Waals surface area contributed by atoms with Crippen molar-refractivity contribution in [1.29, 1.82) is 0 Å². The monoisotopic (exact) mass is 290 g/mol. The number of amides is 1. The highest BCUT2D eigenvalue weighted by molar-refractivity contribution is 5.94. The Bertz CT molecular complexity index is 550. The van der Waals surface area contributed by atoms with Crippen LogP contribution in [0.1, 0.15) is 30.9 Å². The average molecular weight is 290 g/mol. The lowest BCUT2D eigenvalue weighted by Crippen LogP contribution is -2.50. The van der Waals surface area contributed by atoms with Crippen LogP contribution in [-0.4, -0.2) is 40.5 Å². The summed E-state index contributed by atoms with van der Waals surface area (Å²) in [5.74, 6) is -1.03. The molecule has 0 radical (unpaired) electrons. The lowest BCUT2D eigenvalue weighted by atomic mass is 9.99. The van der Waals surface area contributed by atoms with Crippen LogP contribution in [0.5, 0.6) is 0 Å². The van der Waals surface area contributed by atoms with Gasteiger partial charge in [0.15, 0.2) is 0 Å². The van der Waals surface area contributed by atoms with Crippen LogP contribution < -0.4 is 5.32 Å². The summed E-state index contributed by atoms with van der Waals surface area (Å²) in [6, 6.07) is 5.84. The maximum atomic E-state index is 12.2. The molecule has 5 nitrogen and oxygen atoms in total. The zero-order chi connectivity index (χ0) is 15.6. The molecule has 0 aliphatic carbocycles. The van der Waals surface area contributed by atoms with Crippen LogP contribution >= 0.6 is 0 Å². The van der Waals surface area contributed by atoms with E-state index in [1.54, 1.807) is 11.8 Å². The van der Waals surface area contributed by atoms with Crippen LogP contribution in [0.25, 0.3) is 0 Å². The van der Waals surface area contributed by atoms with Crippen LogP contribution in [0, 0.1) is 13.8 Å². The van der Waals surface area contributed by atoms with Crippen molar-refractivity contribution < 1.29 is 14.7 Å². The van der Waals surface area contributed by atoms with Crippen molar-refractivity contribution in [3.05, 3.63) is 29.3 Å². The molecule has 1 fully saturated rings. The van der Waals surface area contributed by atoms with Gasteiger partial charge in [0, 0.05) is 5.69 Å². The third-order valence-electron chi connectivity index (χ3n) is 4.33. The Morgan fingerprint density at radius 3 is 2.52 bits per heavy atom. The van der Waals surface area contributed by atoms with E-state index in [2.05, 4.69) is 5.32 Å². The average Bonchev–Trinajstić information content (AvgIpc) is 2.77. The molecule has 1 heterocycles. The van der Waals surface area contributed by atoms with E-state index < -0.39 is 11.5 Å². The number of para-hydroxylation sites is 1. The highest BCUT2D eigenvalue weighted by atomic mass is 16.4. The molecule has 0 saturated carbocycles. The molecule has 114 valence electrons. The van der Waals surface area contributed by atoms with Crippen LogP contribution in [0.15, 0.2) is 18.2 Å². The smallest absolute Gasteiger partial charge is 0.323 e. The Morgan fingerprint density at radius 2 is 1.95 bits per heavy atom. The van der Waals surface area contributed by atoms with Crippen LogP contribution in [-0.2, 0) is 9.59 Å². The van der Waals surface area contributed by atoms with Crippen molar-refractivity contribution >= 4 is 17.6 Å². The number of rotatable bonds is 4. The maximum Gasteiger partial charge on any atom is 0.323 e. The normalized spacial score (nSPS) is 22.2. The lowest BCUT2D eigenvalue weighted by Gasteiger charge is -2.30. The highest BCUT2D eigenvalue weighted by Crippen LogP contribution is 2.29. The minimum atomic E-state index is -0.932. The molecule has 1 aliphatic heterocycles. The van der Waals surface area contributed by atoms with Gasteiger partial charge in [-0.25, -0.2) is 0 Å². The molecule has 1 amide bonds. The van der Waals surface area contributed by atoms with E-state index in [-0.39, 0.29) is 12.5 Å². The van der Waals surface area contributed by atoms with Crippen LogP contribution in [0.2, 0.25) is 0 Å². The summed E-state index contributed by atoms with van der Waals surface area (Å²) in [6.07, 6.45) is 1.39. The number of anilines is 1. The van der Waals surface area contributed by atoms with E-state index in [1.165, 1.54) is 0 Å². The molecule has 1 aliphatic rings. The molecular formula is C16H22N2O3. The molecule has 1 unspecified atom stereocenters. The number of likely N-dealkylation sites (tertiary alicyclic amines) is 1. The standard InChI is InChI=1S/C16H22N2O3/c1-11-6-4-7-12(2)14(11)17-13(19)10-18-9-5-8-16(18,3)15(20)21/h4,6-7H,5,8-10H2,1-3H3,(H,17,19)(H,20,21). The molecular weight excluding hydrogens is 268 g/mol. The zero-order valence-electron chi connectivity index (χ0n) is 12.8. The number of carboxylic acids is 1. The predicted octanol–water partition coefficient (Wildman–Crippen LogP) is 2.18. The largest absolute Gasteiger partial charge is 0.480 e. The number of carbonyl (C=O) groups excluding carboxylic acids is 1. The molecule has 0 spiro atoms.